The van der Waals surface area contributed by atoms with Crippen LogP contribution < -0.4 is 15.0 Å². The van der Waals surface area contributed by atoms with Gasteiger partial charge < -0.3 is 20.1 Å². The van der Waals surface area contributed by atoms with Crippen molar-refractivity contribution >= 4 is 5.69 Å². The predicted octanol–water partition coefficient (Wildman–Crippen LogP) is 2.27. The van der Waals surface area contributed by atoms with E-state index in [1.807, 2.05) is 31.3 Å². The number of benzene rings is 1. The van der Waals surface area contributed by atoms with Gasteiger partial charge >= 0.3 is 0 Å². The molecule has 0 fully saturated rings. The molecule has 0 bridgehead atoms. The third kappa shape index (κ3) is 4.69. The molecule has 114 valence electrons. The summed E-state index contributed by atoms with van der Waals surface area (Å²) in [5, 5.41) is 13.0. The smallest absolute Gasteiger partial charge is 0.142 e. The van der Waals surface area contributed by atoms with Gasteiger partial charge in [-0.25, -0.2) is 0 Å². The van der Waals surface area contributed by atoms with Crippen molar-refractivity contribution in [3.05, 3.63) is 24.3 Å². The Morgan fingerprint density at radius 3 is 2.55 bits per heavy atom. The second kappa shape index (κ2) is 7.50. The van der Waals surface area contributed by atoms with Gasteiger partial charge in [-0.05, 0) is 25.5 Å². The van der Waals surface area contributed by atoms with Crippen LogP contribution in [-0.4, -0.2) is 44.0 Å². The monoisotopic (exact) mass is 280 g/mol. The van der Waals surface area contributed by atoms with Gasteiger partial charge in [0.25, 0.3) is 0 Å². The predicted molar refractivity (Wildman–Crippen MR) is 84.6 cm³/mol. The fourth-order valence-electron chi connectivity index (χ4n) is 2.37. The third-order valence-electron chi connectivity index (χ3n) is 3.48. The molecular weight excluding hydrogens is 252 g/mol. The van der Waals surface area contributed by atoms with E-state index < -0.39 is 0 Å². The van der Waals surface area contributed by atoms with E-state index in [1.165, 1.54) is 0 Å². The quantitative estimate of drug-likeness (QED) is 0.767. The molecule has 0 saturated heterocycles. The van der Waals surface area contributed by atoms with Gasteiger partial charge in [0.1, 0.15) is 5.75 Å². The number of nitrogens with zero attached hydrogens (tertiary/aromatic N) is 1. The van der Waals surface area contributed by atoms with E-state index >= 15 is 0 Å². The van der Waals surface area contributed by atoms with Crippen LogP contribution in [-0.2, 0) is 0 Å². The number of aliphatic hydroxyl groups is 1. The Labute approximate surface area is 122 Å². The summed E-state index contributed by atoms with van der Waals surface area (Å²) >= 11 is 0. The summed E-state index contributed by atoms with van der Waals surface area (Å²) in [7, 11) is 3.73. The third-order valence-corrected chi connectivity index (χ3v) is 3.48. The van der Waals surface area contributed by atoms with Crippen LogP contribution in [0.1, 0.15) is 27.2 Å². The van der Waals surface area contributed by atoms with Crippen molar-refractivity contribution in [1.82, 2.24) is 5.32 Å². The minimum absolute atomic E-state index is 0.130. The fraction of sp³-hybridized carbons (Fsp3) is 0.625. The van der Waals surface area contributed by atoms with E-state index in [0.717, 1.165) is 24.4 Å². The van der Waals surface area contributed by atoms with Gasteiger partial charge in [0.2, 0.25) is 0 Å². The molecule has 0 amide bonds. The Bertz CT molecular complexity index is 409. The molecular formula is C16H28N2O2. The highest BCUT2D eigenvalue weighted by Gasteiger charge is 2.24. The van der Waals surface area contributed by atoms with E-state index in [4.69, 9.17) is 4.74 Å². The number of rotatable bonds is 8. The summed E-state index contributed by atoms with van der Waals surface area (Å²) in [6.45, 7) is 7.22. The number of methoxy groups -OCH3 is 1. The topological polar surface area (TPSA) is 44.7 Å². The van der Waals surface area contributed by atoms with Crippen LogP contribution >= 0.6 is 0 Å². The zero-order valence-electron chi connectivity index (χ0n) is 13.3. The summed E-state index contributed by atoms with van der Waals surface area (Å²) in [6, 6.07) is 8.33. The molecule has 4 heteroatoms. The molecule has 1 aromatic carbocycles. The van der Waals surface area contributed by atoms with Gasteiger partial charge in [-0.15, -0.1) is 0 Å². The van der Waals surface area contributed by atoms with Crippen LogP contribution in [0.15, 0.2) is 24.3 Å². The summed E-state index contributed by atoms with van der Waals surface area (Å²) in [6.07, 6.45) is 0.857. The Hall–Kier alpha value is -1.26. The number of hydrogen-bond donors (Lipinski definition) is 2. The molecule has 0 radical (unpaired) electrons. The lowest BCUT2D eigenvalue weighted by molar-refractivity contribution is 0.158. The molecule has 1 unspecified atom stereocenters. The number of anilines is 1. The minimum Gasteiger partial charge on any atom is -0.495 e. The summed E-state index contributed by atoms with van der Waals surface area (Å²) in [5.41, 5.74) is 0.810. The first-order valence-electron chi connectivity index (χ1n) is 7.14. The van der Waals surface area contributed by atoms with Gasteiger partial charge in [-0.3, -0.25) is 0 Å². The van der Waals surface area contributed by atoms with E-state index in [1.54, 1.807) is 7.11 Å². The Balaban J connectivity index is 2.68. The Kier molecular flexibility index (Phi) is 6.30. The molecule has 0 aromatic heterocycles. The fourth-order valence-corrected chi connectivity index (χ4v) is 2.37. The Morgan fingerprint density at radius 1 is 1.35 bits per heavy atom. The molecule has 2 N–H and O–H groups in total. The first-order chi connectivity index (χ1) is 9.41. The standard InChI is InChI=1S/C16H28N2O2/c1-13(2)17-16(3,12-19)10-11-18(4)14-8-6-7-9-15(14)20-5/h6-9,13,17,19H,10-12H2,1-5H3. The van der Waals surface area contributed by atoms with E-state index in [9.17, 15) is 5.11 Å². The van der Waals surface area contributed by atoms with Crippen molar-refractivity contribution in [2.24, 2.45) is 0 Å². The first-order valence-corrected chi connectivity index (χ1v) is 7.14. The number of aliphatic hydroxyl groups excluding tert-OH is 1. The molecule has 0 spiro atoms. The van der Waals surface area contributed by atoms with Gasteiger partial charge in [0.05, 0.1) is 19.4 Å². The van der Waals surface area contributed by atoms with Crippen molar-refractivity contribution in [1.29, 1.82) is 0 Å². The molecule has 1 aromatic rings. The molecule has 1 rings (SSSR count). The maximum absolute atomic E-state index is 9.61. The average molecular weight is 280 g/mol. The van der Waals surface area contributed by atoms with Crippen LogP contribution in [0.5, 0.6) is 5.75 Å². The molecule has 0 saturated carbocycles. The zero-order chi connectivity index (χ0) is 15.2. The molecule has 4 nitrogen and oxygen atoms in total. The lowest BCUT2D eigenvalue weighted by atomic mass is 9.97. The highest BCUT2D eigenvalue weighted by atomic mass is 16.5. The number of ether oxygens (including phenoxy) is 1. The van der Waals surface area contributed by atoms with Crippen molar-refractivity contribution in [2.75, 3.05) is 32.2 Å². The van der Waals surface area contributed by atoms with Crippen molar-refractivity contribution in [3.8, 4) is 5.75 Å². The normalized spacial score (nSPS) is 14.2. The number of hydrogen-bond acceptors (Lipinski definition) is 4. The van der Waals surface area contributed by atoms with Crippen LogP contribution in [0.25, 0.3) is 0 Å². The zero-order valence-corrected chi connectivity index (χ0v) is 13.3. The summed E-state index contributed by atoms with van der Waals surface area (Å²) in [4.78, 5) is 2.16. The summed E-state index contributed by atoms with van der Waals surface area (Å²) in [5.74, 6) is 0.873. The van der Waals surface area contributed by atoms with Crippen molar-refractivity contribution < 1.29 is 9.84 Å². The van der Waals surface area contributed by atoms with Crippen LogP contribution in [0.3, 0.4) is 0 Å². The maximum atomic E-state index is 9.61. The van der Waals surface area contributed by atoms with Crippen molar-refractivity contribution in [3.63, 3.8) is 0 Å². The van der Waals surface area contributed by atoms with E-state index in [-0.39, 0.29) is 12.1 Å². The Morgan fingerprint density at radius 2 is 2.00 bits per heavy atom. The van der Waals surface area contributed by atoms with Gasteiger partial charge in [-0.2, -0.15) is 0 Å². The second-order valence-corrected chi connectivity index (χ2v) is 5.86. The average Bonchev–Trinajstić information content (AvgIpc) is 2.44. The molecule has 0 heterocycles. The molecule has 0 aliphatic heterocycles. The number of para-hydroxylation sites is 2. The summed E-state index contributed by atoms with van der Waals surface area (Å²) < 4.78 is 5.38. The molecule has 0 aliphatic carbocycles. The van der Waals surface area contributed by atoms with Crippen LogP contribution in [0.4, 0.5) is 5.69 Å². The van der Waals surface area contributed by atoms with Gasteiger partial charge in [0, 0.05) is 25.2 Å². The SMILES string of the molecule is COc1ccccc1N(C)CCC(C)(CO)NC(C)C. The highest BCUT2D eigenvalue weighted by molar-refractivity contribution is 5.57. The maximum Gasteiger partial charge on any atom is 0.142 e. The largest absolute Gasteiger partial charge is 0.495 e. The first kappa shape index (κ1) is 16.8. The molecule has 1 atom stereocenters. The van der Waals surface area contributed by atoms with E-state index in [2.05, 4.69) is 31.0 Å². The number of nitrogens with one attached hydrogen (secondary N) is 1. The minimum atomic E-state index is -0.259. The van der Waals surface area contributed by atoms with Crippen LogP contribution in [0, 0.1) is 0 Å². The van der Waals surface area contributed by atoms with Gasteiger partial charge in [-0.1, -0.05) is 26.0 Å². The lowest BCUT2D eigenvalue weighted by Gasteiger charge is -2.33. The van der Waals surface area contributed by atoms with E-state index in [0.29, 0.717) is 6.04 Å². The second-order valence-electron chi connectivity index (χ2n) is 5.86. The van der Waals surface area contributed by atoms with Crippen molar-refractivity contribution in [2.45, 2.75) is 38.8 Å². The van der Waals surface area contributed by atoms with Gasteiger partial charge in [0.15, 0.2) is 0 Å². The lowest BCUT2D eigenvalue weighted by Crippen LogP contribution is -2.50. The van der Waals surface area contributed by atoms with Crippen LogP contribution in [0.2, 0.25) is 0 Å². The molecule has 0 aliphatic rings. The highest BCUT2D eigenvalue weighted by Crippen LogP contribution is 2.27. The molecule has 20 heavy (non-hydrogen) atoms.